The molecule has 6 heteroatoms. The Bertz CT molecular complexity index is 675. The Labute approximate surface area is 192 Å². The Hall–Kier alpha value is -0.133. The van der Waals surface area contributed by atoms with Crippen molar-refractivity contribution in [3.8, 4) is 5.75 Å². The van der Waals surface area contributed by atoms with E-state index in [1.807, 2.05) is 37.3 Å². The van der Waals surface area contributed by atoms with Crippen molar-refractivity contribution in [2.45, 2.75) is 50.1 Å². The Morgan fingerprint density at radius 3 is 1.96 bits per heavy atom. The quantitative estimate of drug-likeness (QED) is 0.387. The third-order valence-electron chi connectivity index (χ3n) is 4.63. The molecule has 0 aliphatic rings. The van der Waals surface area contributed by atoms with Crippen LogP contribution in [0.4, 0.5) is 5.69 Å². The summed E-state index contributed by atoms with van der Waals surface area (Å²) in [6.07, 6.45) is 0. The molecule has 0 fully saturated rings. The van der Waals surface area contributed by atoms with Gasteiger partial charge < -0.3 is 10.4 Å². The van der Waals surface area contributed by atoms with E-state index in [0.29, 0.717) is 17.6 Å². The summed E-state index contributed by atoms with van der Waals surface area (Å²) in [6.45, 7) is 11.2. The van der Waals surface area contributed by atoms with Crippen molar-refractivity contribution in [1.29, 1.82) is 0 Å². The van der Waals surface area contributed by atoms with Gasteiger partial charge in [-0.15, -0.1) is 10.6 Å². The van der Waals surface area contributed by atoms with Crippen LogP contribution in [0.1, 0.15) is 43.7 Å². The molecule has 1 unspecified atom stereocenters. The topological polar surface area (TPSA) is 34.3 Å². The molecule has 1 N–H and O–H groups in total. The van der Waals surface area contributed by atoms with Crippen LogP contribution in [0.25, 0.3) is 5.32 Å². The third-order valence-corrected chi connectivity index (χ3v) is 9.12. The summed E-state index contributed by atoms with van der Waals surface area (Å²) >= 11 is -1.79. The summed E-state index contributed by atoms with van der Waals surface area (Å²) in [4.78, 5) is 0.118. The first-order valence-electron chi connectivity index (χ1n) is 9.80. The first-order valence-corrected chi connectivity index (χ1v) is 16.4. The van der Waals surface area contributed by atoms with Crippen LogP contribution < -0.4 is 0 Å². The fraction of sp³-hybridized carbons (Fsp3) is 0.455. The first-order chi connectivity index (χ1) is 13.3. The molecule has 152 valence electrons. The van der Waals surface area contributed by atoms with E-state index in [0.717, 1.165) is 16.8 Å². The number of hydrogen-bond donors (Lipinski definition) is 1. The van der Waals surface area contributed by atoms with Gasteiger partial charge in [0, 0.05) is 0 Å². The van der Waals surface area contributed by atoms with E-state index in [1.165, 1.54) is 10.6 Å². The van der Waals surface area contributed by atoms with Crippen LogP contribution in [-0.4, -0.2) is 19.3 Å². The van der Waals surface area contributed by atoms with Crippen molar-refractivity contribution in [3.63, 3.8) is 0 Å². The molecule has 0 aromatic heterocycles. The zero-order valence-corrected chi connectivity index (χ0v) is 21.7. The molecule has 2 aromatic carbocycles. The number of aryl methyl sites for hydroxylation is 1. The zero-order chi connectivity index (χ0) is 21.1. The molecule has 0 heterocycles. The number of nitrogens with zero attached hydrogens (tertiary/aromatic N) is 1. The van der Waals surface area contributed by atoms with Crippen LogP contribution in [-0.2, 0) is 17.0 Å². The zero-order valence-electron chi connectivity index (χ0n) is 17.5. The average Bonchev–Trinajstić information content (AvgIpc) is 2.62. The van der Waals surface area contributed by atoms with Crippen molar-refractivity contribution < 1.29 is 22.1 Å². The first kappa shape index (κ1) is 25.9. The van der Waals surface area contributed by atoms with Crippen molar-refractivity contribution in [1.82, 2.24) is 0 Å². The number of benzene rings is 2. The monoisotopic (exact) mass is 470 g/mol. The van der Waals surface area contributed by atoms with Gasteiger partial charge in [-0.2, -0.15) is 0 Å². The Kier molecular flexibility index (Phi) is 12.9. The van der Waals surface area contributed by atoms with E-state index < -0.39 is 31.2 Å². The maximum atomic E-state index is 10.7. The molecular weight excluding hydrogens is 440 g/mol. The van der Waals surface area contributed by atoms with Gasteiger partial charge in [0.2, 0.25) is 0 Å². The summed E-state index contributed by atoms with van der Waals surface area (Å²) in [7, 11) is 9.78. The predicted molar refractivity (Wildman–Crippen MR) is 122 cm³/mol. The Morgan fingerprint density at radius 2 is 1.46 bits per heavy atom. The summed E-state index contributed by atoms with van der Waals surface area (Å²) in [5.74, 6) is 1.75. The molecule has 0 saturated heterocycles. The van der Waals surface area contributed by atoms with E-state index in [9.17, 15) is 5.11 Å². The SMILES string of the molecule is Cc1cccc([CH]([N-]c2ccccc2)[Al]([CH2]C(C)C)[CH2]C(C)C)c1O.[Cl][Ti][Cl]. The van der Waals surface area contributed by atoms with Crippen molar-refractivity contribution >= 4 is 38.4 Å². The van der Waals surface area contributed by atoms with Gasteiger partial charge in [-0.3, -0.25) is 0 Å². The summed E-state index contributed by atoms with van der Waals surface area (Å²) < 4.78 is 0. The van der Waals surface area contributed by atoms with E-state index in [2.05, 4.69) is 45.9 Å². The number of aromatic hydroxyl groups is 1. The molecule has 1 atom stereocenters. The third kappa shape index (κ3) is 9.13. The molecule has 0 bridgehead atoms. The Balaban J connectivity index is 0.00000122. The minimum atomic E-state index is -1.24. The van der Waals surface area contributed by atoms with Crippen LogP contribution in [0.15, 0.2) is 48.5 Å². The number of phenols is 1. The van der Waals surface area contributed by atoms with Crippen molar-refractivity contribution in [2.24, 2.45) is 11.8 Å². The summed E-state index contributed by atoms with van der Waals surface area (Å²) in [5, 5.41) is 18.3. The standard InChI is InChI=1S/C14H13NO.2C4H9.Al.2ClH.Ti/c1-11-6-5-7-12(14(11)16)10-15-13-8-3-2-4-9-13;2*1-4(2)3;;;;/h2-10,16H,1H3;2*4H,1H2,2-3H3;;2*1H;/q-1;;;;;;+2/p-2. The van der Waals surface area contributed by atoms with E-state index in [-0.39, 0.29) is 4.90 Å². The van der Waals surface area contributed by atoms with E-state index >= 15 is 0 Å². The van der Waals surface area contributed by atoms with Gasteiger partial charge in [0.15, 0.2) is 0 Å². The molecule has 2 aromatic rings. The second-order valence-electron chi connectivity index (χ2n) is 8.01. The van der Waals surface area contributed by atoms with E-state index in [4.69, 9.17) is 23.9 Å². The second kappa shape index (κ2) is 14.0. The fourth-order valence-electron chi connectivity index (χ4n) is 3.59. The normalized spacial score (nSPS) is 11.6. The molecule has 0 saturated carbocycles. The summed E-state index contributed by atoms with van der Waals surface area (Å²) in [6, 6.07) is 16.3. The predicted octanol–water partition coefficient (Wildman–Crippen LogP) is 8.17. The fourth-order valence-corrected chi connectivity index (χ4v) is 7.88. The molecule has 2 nitrogen and oxygen atoms in total. The van der Waals surface area contributed by atoms with Gasteiger partial charge in [0.1, 0.15) is 5.75 Å². The minimum absolute atomic E-state index is 0.118. The molecule has 28 heavy (non-hydrogen) atoms. The van der Waals surface area contributed by atoms with Crippen molar-refractivity contribution in [2.75, 3.05) is 0 Å². The molecule has 0 amide bonds. The number of para-hydroxylation sites is 2. The van der Waals surface area contributed by atoms with Crippen LogP contribution in [0.5, 0.6) is 5.75 Å². The van der Waals surface area contributed by atoms with Gasteiger partial charge in [0.25, 0.3) is 14.1 Å². The van der Waals surface area contributed by atoms with E-state index in [1.54, 1.807) is 0 Å². The second-order valence-corrected chi connectivity index (χ2v) is 13.7. The molecule has 0 radical (unpaired) electrons. The number of phenolic OH excluding ortho intramolecular Hbond substituents is 1. The van der Waals surface area contributed by atoms with Crippen molar-refractivity contribution in [3.05, 3.63) is 65.0 Å². The van der Waals surface area contributed by atoms with Gasteiger partial charge in [-0.25, -0.2) is 0 Å². The molecular formula is C22H31AlCl2NOTi-. The van der Waals surface area contributed by atoms with Crippen LogP contribution >= 0.6 is 18.6 Å². The molecule has 2 rings (SSSR count). The Morgan fingerprint density at radius 1 is 0.929 bits per heavy atom. The molecule has 0 aliphatic carbocycles. The van der Waals surface area contributed by atoms with Crippen LogP contribution in [0.3, 0.4) is 0 Å². The van der Waals surface area contributed by atoms with Crippen LogP contribution in [0.2, 0.25) is 10.6 Å². The summed E-state index contributed by atoms with van der Waals surface area (Å²) in [5.41, 5.74) is 2.97. The van der Waals surface area contributed by atoms with Gasteiger partial charge in [-0.05, 0) is 18.1 Å². The molecule has 0 spiro atoms. The molecule has 0 aliphatic heterocycles. The average molecular weight is 471 g/mol. The number of rotatable bonds is 8. The maximum absolute atomic E-state index is 10.7. The van der Waals surface area contributed by atoms with Gasteiger partial charge in [0.05, 0.1) is 0 Å². The number of halogens is 2. The van der Waals surface area contributed by atoms with Gasteiger partial charge >= 0.3 is 35.6 Å². The van der Waals surface area contributed by atoms with Gasteiger partial charge in [-0.1, -0.05) is 98.6 Å². The number of hydrogen-bond acceptors (Lipinski definition) is 1. The van der Waals surface area contributed by atoms with Crippen LogP contribution in [0, 0.1) is 18.8 Å².